The Kier molecular flexibility index (Phi) is 4.07. The van der Waals surface area contributed by atoms with Gasteiger partial charge in [0.2, 0.25) is 5.82 Å². The van der Waals surface area contributed by atoms with Crippen molar-refractivity contribution in [1.29, 1.82) is 0 Å². The van der Waals surface area contributed by atoms with Gasteiger partial charge in [0, 0.05) is 23.5 Å². The van der Waals surface area contributed by atoms with Gasteiger partial charge in [0.05, 0.1) is 6.54 Å². The van der Waals surface area contributed by atoms with Crippen LogP contribution in [0.3, 0.4) is 0 Å². The number of nitrogen functional groups attached to an aromatic ring is 1. The number of aromatic nitrogens is 3. The van der Waals surface area contributed by atoms with Crippen LogP contribution in [0.15, 0.2) is 45.8 Å². The first-order valence-corrected chi connectivity index (χ1v) is 7.21. The largest absolute Gasteiger partial charge is 0.471 e. The fraction of sp³-hybridized carbons (Fsp3) is 0.188. The molecule has 0 amide bonds. The summed E-state index contributed by atoms with van der Waals surface area (Å²) in [6.45, 7) is 2.10. The van der Waals surface area contributed by atoms with Gasteiger partial charge < -0.3 is 14.8 Å². The summed E-state index contributed by atoms with van der Waals surface area (Å²) in [6, 6.07) is 8.09. The topological polar surface area (TPSA) is 86.9 Å². The number of benzene rings is 1. The molecule has 0 bridgehead atoms. The second-order valence-corrected chi connectivity index (χ2v) is 5.45. The van der Waals surface area contributed by atoms with E-state index in [1.165, 1.54) is 16.8 Å². The molecule has 0 aliphatic rings. The molecule has 2 aromatic heterocycles. The number of nitrogens with two attached hydrogens (primary N) is 1. The molecule has 3 aromatic rings. The van der Waals surface area contributed by atoms with Crippen LogP contribution in [0.4, 0.5) is 18.9 Å². The molecule has 0 spiro atoms. The summed E-state index contributed by atoms with van der Waals surface area (Å²) < 4.78 is 43.1. The molecule has 3 rings (SSSR count). The summed E-state index contributed by atoms with van der Waals surface area (Å²) in [6.07, 6.45) is -3.29. The second-order valence-electron chi connectivity index (χ2n) is 5.45. The zero-order valence-corrected chi connectivity index (χ0v) is 13.0. The lowest BCUT2D eigenvalue weighted by atomic mass is 10.1. The molecule has 25 heavy (non-hydrogen) atoms. The van der Waals surface area contributed by atoms with Crippen LogP contribution in [0, 0.1) is 6.92 Å². The molecule has 0 saturated carbocycles. The maximum Gasteiger partial charge on any atom is 0.471 e. The van der Waals surface area contributed by atoms with Crippen molar-refractivity contribution in [3.05, 3.63) is 63.9 Å². The van der Waals surface area contributed by atoms with Gasteiger partial charge in [-0.25, -0.2) is 0 Å². The Morgan fingerprint density at radius 1 is 1.28 bits per heavy atom. The van der Waals surface area contributed by atoms with E-state index in [0.717, 1.165) is 17.2 Å². The number of para-hydroxylation sites is 1. The van der Waals surface area contributed by atoms with Crippen LogP contribution in [0.1, 0.15) is 17.0 Å². The van der Waals surface area contributed by atoms with Crippen LogP contribution < -0.4 is 11.3 Å². The summed E-state index contributed by atoms with van der Waals surface area (Å²) in [7, 11) is 0. The minimum Gasteiger partial charge on any atom is -0.398 e. The van der Waals surface area contributed by atoms with Crippen LogP contribution in [-0.2, 0) is 12.7 Å². The first-order chi connectivity index (χ1) is 11.8. The highest BCUT2D eigenvalue weighted by Gasteiger charge is 2.38. The number of anilines is 1. The minimum atomic E-state index is -4.73. The molecule has 0 aliphatic carbocycles. The summed E-state index contributed by atoms with van der Waals surface area (Å²) in [4.78, 5) is 15.5. The van der Waals surface area contributed by atoms with Crippen LogP contribution in [0.25, 0.3) is 11.4 Å². The molecule has 130 valence electrons. The van der Waals surface area contributed by atoms with E-state index in [2.05, 4.69) is 14.7 Å². The third kappa shape index (κ3) is 3.39. The number of hydrogen-bond acceptors (Lipinski definition) is 5. The van der Waals surface area contributed by atoms with Crippen molar-refractivity contribution in [3.8, 4) is 11.4 Å². The molecule has 0 fully saturated rings. The van der Waals surface area contributed by atoms with E-state index in [4.69, 9.17) is 5.73 Å². The average Bonchev–Trinajstić information content (AvgIpc) is 3.04. The fourth-order valence-electron chi connectivity index (χ4n) is 2.30. The van der Waals surface area contributed by atoms with Crippen molar-refractivity contribution in [2.75, 3.05) is 5.73 Å². The maximum absolute atomic E-state index is 12.5. The standard InChI is InChI=1S/C16H13F3N4O2/c1-9-3-2-4-11(13(9)20)8-23-6-5-10(7-12(23)24)14-21-15(25-22-14)16(17,18)19/h2-7H,8,20H2,1H3. The van der Waals surface area contributed by atoms with E-state index < -0.39 is 17.6 Å². The van der Waals surface area contributed by atoms with E-state index in [0.29, 0.717) is 5.69 Å². The Morgan fingerprint density at radius 2 is 2.04 bits per heavy atom. The average molecular weight is 350 g/mol. The number of pyridine rings is 1. The van der Waals surface area contributed by atoms with E-state index in [-0.39, 0.29) is 17.9 Å². The highest BCUT2D eigenvalue weighted by atomic mass is 19.4. The van der Waals surface area contributed by atoms with Gasteiger partial charge in [0.15, 0.2) is 0 Å². The number of nitrogens with zero attached hydrogens (tertiary/aromatic N) is 3. The summed E-state index contributed by atoms with van der Waals surface area (Å²) >= 11 is 0. The van der Waals surface area contributed by atoms with Crippen LogP contribution in [0.5, 0.6) is 0 Å². The zero-order chi connectivity index (χ0) is 18.2. The second kappa shape index (κ2) is 6.08. The summed E-state index contributed by atoms with van der Waals surface area (Å²) in [5.74, 6) is -1.76. The third-order valence-corrected chi connectivity index (χ3v) is 3.68. The van der Waals surface area contributed by atoms with E-state index >= 15 is 0 Å². The van der Waals surface area contributed by atoms with Gasteiger partial charge in [-0.2, -0.15) is 18.2 Å². The smallest absolute Gasteiger partial charge is 0.398 e. The molecular weight excluding hydrogens is 337 g/mol. The van der Waals surface area contributed by atoms with Crippen molar-refractivity contribution in [2.45, 2.75) is 19.6 Å². The predicted molar refractivity (Wildman–Crippen MR) is 83.7 cm³/mol. The lowest BCUT2D eigenvalue weighted by Crippen LogP contribution is -2.20. The Labute approximate surface area is 139 Å². The number of hydrogen-bond donors (Lipinski definition) is 1. The van der Waals surface area contributed by atoms with E-state index in [1.54, 1.807) is 6.07 Å². The van der Waals surface area contributed by atoms with Crippen LogP contribution in [-0.4, -0.2) is 14.7 Å². The van der Waals surface area contributed by atoms with Crippen molar-refractivity contribution in [3.63, 3.8) is 0 Å². The SMILES string of the molecule is Cc1cccc(Cn2ccc(-c3noc(C(F)(F)F)n3)cc2=O)c1N. The lowest BCUT2D eigenvalue weighted by Gasteiger charge is -2.10. The van der Waals surface area contributed by atoms with Gasteiger partial charge in [-0.1, -0.05) is 23.4 Å². The first-order valence-electron chi connectivity index (χ1n) is 7.21. The Hall–Kier alpha value is -3.10. The summed E-state index contributed by atoms with van der Waals surface area (Å²) in [5.41, 5.74) is 7.97. The van der Waals surface area contributed by atoms with Gasteiger partial charge in [-0.3, -0.25) is 4.79 Å². The summed E-state index contributed by atoms with van der Waals surface area (Å²) in [5, 5.41) is 3.26. The minimum absolute atomic E-state index is 0.137. The van der Waals surface area contributed by atoms with Gasteiger partial charge in [0.25, 0.3) is 5.56 Å². The van der Waals surface area contributed by atoms with Crippen molar-refractivity contribution < 1.29 is 17.7 Å². The molecule has 0 atom stereocenters. The first kappa shape index (κ1) is 16.7. The molecule has 2 N–H and O–H groups in total. The third-order valence-electron chi connectivity index (χ3n) is 3.68. The number of halogens is 3. The normalized spacial score (nSPS) is 11.7. The molecule has 6 nitrogen and oxygen atoms in total. The van der Waals surface area contributed by atoms with Gasteiger partial charge in [-0.05, 0) is 24.1 Å². The zero-order valence-electron chi connectivity index (χ0n) is 13.0. The molecule has 0 unspecified atom stereocenters. The Bertz CT molecular complexity index is 976. The monoisotopic (exact) mass is 350 g/mol. The lowest BCUT2D eigenvalue weighted by molar-refractivity contribution is -0.159. The number of aryl methyl sites for hydroxylation is 1. The van der Waals surface area contributed by atoms with Crippen LogP contribution >= 0.6 is 0 Å². The van der Waals surface area contributed by atoms with E-state index in [1.807, 2.05) is 19.1 Å². The number of alkyl halides is 3. The highest BCUT2D eigenvalue weighted by molar-refractivity contribution is 5.54. The van der Waals surface area contributed by atoms with Crippen molar-refractivity contribution >= 4 is 5.69 Å². The highest BCUT2D eigenvalue weighted by Crippen LogP contribution is 2.29. The van der Waals surface area contributed by atoms with Crippen molar-refractivity contribution in [2.24, 2.45) is 0 Å². The van der Waals surface area contributed by atoms with Crippen LogP contribution in [0.2, 0.25) is 0 Å². The molecular formula is C16H13F3N4O2. The molecule has 0 aliphatic heterocycles. The molecule has 1 aromatic carbocycles. The predicted octanol–water partition coefficient (Wildman–Crippen LogP) is 2.86. The van der Waals surface area contributed by atoms with Crippen molar-refractivity contribution in [1.82, 2.24) is 14.7 Å². The molecule has 9 heteroatoms. The fourth-order valence-corrected chi connectivity index (χ4v) is 2.30. The van der Waals surface area contributed by atoms with E-state index in [9.17, 15) is 18.0 Å². The molecule has 2 heterocycles. The molecule has 0 radical (unpaired) electrons. The number of rotatable bonds is 3. The quantitative estimate of drug-likeness (QED) is 0.734. The Balaban J connectivity index is 1.90. The molecule has 0 saturated heterocycles. The maximum atomic E-state index is 12.5. The van der Waals surface area contributed by atoms with Gasteiger partial charge in [-0.15, -0.1) is 0 Å². The Morgan fingerprint density at radius 3 is 2.68 bits per heavy atom. The van der Waals surface area contributed by atoms with Gasteiger partial charge >= 0.3 is 12.1 Å². The van der Waals surface area contributed by atoms with Gasteiger partial charge in [0.1, 0.15) is 0 Å².